The molecule has 0 N–H and O–H groups in total. The van der Waals surface area contributed by atoms with Gasteiger partial charge in [0.15, 0.2) is 0 Å². The molecular weight excluding hydrogens is 240 g/mol. The van der Waals surface area contributed by atoms with Crippen molar-refractivity contribution in [2.75, 3.05) is 13.2 Å². The van der Waals surface area contributed by atoms with Crippen LogP contribution in [0, 0.1) is 0 Å². The van der Waals surface area contributed by atoms with Gasteiger partial charge in [0.05, 0.1) is 0 Å². The van der Waals surface area contributed by atoms with Gasteiger partial charge in [-0.1, -0.05) is 11.6 Å². The first-order valence-electron chi connectivity index (χ1n) is 6.07. The summed E-state index contributed by atoms with van der Waals surface area (Å²) in [6, 6.07) is 1.38. The average Bonchev–Trinajstić information content (AvgIpc) is 3.09. The first kappa shape index (κ1) is 12.6. The first-order valence-corrected chi connectivity index (χ1v) is 6.45. The lowest BCUT2D eigenvalue weighted by molar-refractivity contribution is 0.141. The summed E-state index contributed by atoms with van der Waals surface area (Å²) in [6.07, 6.45) is 3.05. The van der Waals surface area contributed by atoms with Crippen LogP contribution in [0.2, 0.25) is 5.15 Å². The fourth-order valence-electron chi connectivity index (χ4n) is 1.84. The molecule has 0 spiro atoms. The number of aromatic nitrogens is 2. The van der Waals surface area contributed by atoms with Gasteiger partial charge in [-0.15, -0.1) is 0 Å². The quantitative estimate of drug-likeness (QED) is 0.579. The van der Waals surface area contributed by atoms with Crippen molar-refractivity contribution in [3.63, 3.8) is 0 Å². The molecule has 0 unspecified atom stereocenters. The molecule has 4 nitrogen and oxygen atoms in total. The van der Waals surface area contributed by atoms with Crippen LogP contribution in [-0.2, 0) is 11.3 Å². The van der Waals surface area contributed by atoms with E-state index in [4.69, 9.17) is 16.3 Å². The third-order valence-corrected chi connectivity index (χ3v) is 3.02. The predicted octanol–water partition coefficient (Wildman–Crippen LogP) is 2.20. The fourth-order valence-corrected chi connectivity index (χ4v) is 2.02. The van der Waals surface area contributed by atoms with E-state index in [1.54, 1.807) is 4.57 Å². The molecule has 1 saturated carbocycles. The monoisotopic (exact) mass is 256 g/mol. The van der Waals surface area contributed by atoms with Crippen LogP contribution in [0.1, 0.15) is 37.9 Å². The van der Waals surface area contributed by atoms with E-state index in [9.17, 15) is 4.79 Å². The summed E-state index contributed by atoms with van der Waals surface area (Å²) in [5.74, 6) is 1.27. The Morgan fingerprint density at radius 2 is 2.35 bits per heavy atom. The van der Waals surface area contributed by atoms with E-state index in [0.717, 1.165) is 25.1 Å². The molecule has 1 aromatic heterocycles. The smallest absolute Gasteiger partial charge is 0.254 e. The van der Waals surface area contributed by atoms with Crippen molar-refractivity contribution in [1.29, 1.82) is 0 Å². The second kappa shape index (κ2) is 5.65. The van der Waals surface area contributed by atoms with Gasteiger partial charge in [0.2, 0.25) is 0 Å². The highest BCUT2D eigenvalue weighted by Crippen LogP contribution is 2.38. The predicted molar refractivity (Wildman–Crippen MR) is 66.6 cm³/mol. The maximum absolute atomic E-state index is 11.9. The molecule has 1 aliphatic carbocycles. The van der Waals surface area contributed by atoms with Crippen molar-refractivity contribution in [3.8, 4) is 0 Å². The van der Waals surface area contributed by atoms with E-state index in [0.29, 0.717) is 30.8 Å². The number of halogens is 1. The topological polar surface area (TPSA) is 44.1 Å². The van der Waals surface area contributed by atoms with E-state index in [1.165, 1.54) is 6.07 Å². The summed E-state index contributed by atoms with van der Waals surface area (Å²) in [6.45, 7) is 4.01. The van der Waals surface area contributed by atoms with Gasteiger partial charge in [0.1, 0.15) is 11.0 Å². The Kier molecular flexibility index (Phi) is 4.18. The van der Waals surface area contributed by atoms with Gasteiger partial charge in [-0.25, -0.2) is 4.98 Å². The highest BCUT2D eigenvalue weighted by molar-refractivity contribution is 6.29. The van der Waals surface area contributed by atoms with Gasteiger partial charge >= 0.3 is 0 Å². The normalized spacial score (nSPS) is 15.2. The van der Waals surface area contributed by atoms with Crippen molar-refractivity contribution >= 4 is 11.6 Å². The molecule has 1 heterocycles. The lowest BCUT2D eigenvalue weighted by atomic mass is 10.3. The first-order chi connectivity index (χ1) is 8.22. The van der Waals surface area contributed by atoms with Crippen LogP contribution in [0.3, 0.4) is 0 Å². The molecule has 5 heteroatoms. The van der Waals surface area contributed by atoms with Crippen molar-refractivity contribution in [3.05, 3.63) is 27.4 Å². The fraction of sp³-hybridized carbons (Fsp3) is 0.667. The standard InChI is InChI=1S/C12H17ClN2O2/c1-2-17-7-3-6-15-11(16)8-10(13)14-12(15)9-4-5-9/h8-9H,2-7H2,1H3. The number of hydrogen-bond donors (Lipinski definition) is 0. The van der Waals surface area contributed by atoms with Crippen molar-refractivity contribution in [2.24, 2.45) is 0 Å². The number of ether oxygens (including phenoxy) is 1. The second-order valence-electron chi connectivity index (χ2n) is 4.25. The molecule has 1 aromatic rings. The average molecular weight is 257 g/mol. The SMILES string of the molecule is CCOCCCn1c(C2CC2)nc(Cl)cc1=O. The van der Waals surface area contributed by atoms with Gasteiger partial charge < -0.3 is 4.74 Å². The zero-order valence-corrected chi connectivity index (χ0v) is 10.7. The van der Waals surface area contributed by atoms with Gasteiger partial charge in [0, 0.05) is 31.7 Å². The van der Waals surface area contributed by atoms with Gasteiger partial charge in [-0.05, 0) is 26.2 Å². The van der Waals surface area contributed by atoms with E-state index in [-0.39, 0.29) is 5.56 Å². The summed E-state index contributed by atoms with van der Waals surface area (Å²) in [7, 11) is 0. The molecule has 0 atom stereocenters. The summed E-state index contributed by atoms with van der Waals surface area (Å²) in [5.41, 5.74) is -0.0524. The van der Waals surface area contributed by atoms with Crippen LogP contribution in [0.25, 0.3) is 0 Å². The lowest BCUT2D eigenvalue weighted by Gasteiger charge is -2.11. The van der Waals surface area contributed by atoms with E-state index in [1.807, 2.05) is 6.92 Å². The molecule has 0 aliphatic heterocycles. The molecule has 1 aliphatic rings. The highest BCUT2D eigenvalue weighted by atomic mass is 35.5. The molecule has 0 amide bonds. The maximum atomic E-state index is 11.9. The Morgan fingerprint density at radius 3 is 3.00 bits per heavy atom. The Hall–Kier alpha value is -0.870. The Balaban J connectivity index is 2.11. The molecular formula is C12H17ClN2O2. The Labute approximate surface area is 106 Å². The summed E-state index contributed by atoms with van der Waals surface area (Å²) in [5, 5.41) is 0.304. The third-order valence-electron chi connectivity index (χ3n) is 2.82. The molecule has 17 heavy (non-hydrogen) atoms. The van der Waals surface area contributed by atoms with Crippen LogP contribution in [-0.4, -0.2) is 22.8 Å². The van der Waals surface area contributed by atoms with Gasteiger partial charge in [-0.2, -0.15) is 0 Å². The molecule has 94 valence electrons. The van der Waals surface area contributed by atoms with Crippen molar-refractivity contribution < 1.29 is 4.74 Å². The molecule has 0 radical (unpaired) electrons. The number of rotatable bonds is 6. The molecule has 0 saturated heterocycles. The van der Waals surface area contributed by atoms with Crippen molar-refractivity contribution in [2.45, 2.75) is 38.6 Å². The number of hydrogen-bond acceptors (Lipinski definition) is 3. The zero-order valence-electron chi connectivity index (χ0n) is 9.99. The van der Waals surface area contributed by atoms with E-state index in [2.05, 4.69) is 4.98 Å². The summed E-state index contributed by atoms with van der Waals surface area (Å²) >= 11 is 5.83. The Morgan fingerprint density at radius 1 is 1.59 bits per heavy atom. The lowest BCUT2D eigenvalue weighted by Crippen LogP contribution is -2.24. The Bertz CT molecular complexity index is 441. The molecule has 1 fully saturated rings. The van der Waals surface area contributed by atoms with Crippen LogP contribution >= 0.6 is 11.6 Å². The van der Waals surface area contributed by atoms with Crippen LogP contribution in [0.4, 0.5) is 0 Å². The molecule has 0 bridgehead atoms. The minimum absolute atomic E-state index is 0.0524. The highest BCUT2D eigenvalue weighted by Gasteiger charge is 2.28. The largest absolute Gasteiger partial charge is 0.382 e. The van der Waals surface area contributed by atoms with E-state index < -0.39 is 0 Å². The maximum Gasteiger partial charge on any atom is 0.254 e. The van der Waals surface area contributed by atoms with E-state index >= 15 is 0 Å². The zero-order chi connectivity index (χ0) is 12.3. The molecule has 2 rings (SSSR count). The second-order valence-corrected chi connectivity index (χ2v) is 4.64. The summed E-state index contributed by atoms with van der Waals surface area (Å²) < 4.78 is 7.01. The minimum atomic E-state index is -0.0524. The summed E-state index contributed by atoms with van der Waals surface area (Å²) in [4.78, 5) is 16.1. The van der Waals surface area contributed by atoms with Crippen molar-refractivity contribution in [1.82, 2.24) is 9.55 Å². The van der Waals surface area contributed by atoms with Gasteiger partial charge in [-0.3, -0.25) is 9.36 Å². The molecule has 0 aromatic carbocycles. The van der Waals surface area contributed by atoms with Crippen LogP contribution in [0.15, 0.2) is 10.9 Å². The van der Waals surface area contributed by atoms with Crippen LogP contribution in [0.5, 0.6) is 0 Å². The van der Waals surface area contributed by atoms with Crippen LogP contribution < -0.4 is 5.56 Å². The minimum Gasteiger partial charge on any atom is -0.382 e. The number of nitrogens with zero attached hydrogens (tertiary/aromatic N) is 2. The van der Waals surface area contributed by atoms with Gasteiger partial charge in [0.25, 0.3) is 5.56 Å². The third kappa shape index (κ3) is 3.30.